The first kappa shape index (κ1) is 13.3. The topological polar surface area (TPSA) is 51.4 Å². The molecule has 0 fully saturated rings. The van der Waals surface area contributed by atoms with Crippen LogP contribution in [-0.2, 0) is 11.3 Å². The third-order valence-corrected chi connectivity index (χ3v) is 2.30. The molecule has 0 aliphatic carbocycles. The number of aromatic nitrogens is 2. The zero-order chi connectivity index (χ0) is 12.1. The molecular formula is C10H16BrN3O2. The summed E-state index contributed by atoms with van der Waals surface area (Å²) in [4.78, 5) is 6.26. The Morgan fingerprint density at radius 3 is 2.94 bits per heavy atom. The molecule has 1 aromatic rings. The zero-order valence-electron chi connectivity index (χ0n) is 9.73. The Morgan fingerprint density at radius 2 is 2.38 bits per heavy atom. The molecule has 0 N–H and O–H groups in total. The molecule has 0 amide bonds. The largest absolute Gasteiger partial charge is 0.374 e. The van der Waals surface area contributed by atoms with E-state index in [1.165, 1.54) is 0 Å². The minimum atomic E-state index is -0.144. The number of hydrogen-bond donors (Lipinski definition) is 0. The van der Waals surface area contributed by atoms with Crippen LogP contribution in [0.5, 0.6) is 0 Å². The number of rotatable bonds is 6. The van der Waals surface area contributed by atoms with Crippen LogP contribution < -0.4 is 0 Å². The summed E-state index contributed by atoms with van der Waals surface area (Å²) in [6, 6.07) is 0. The molecule has 0 aromatic carbocycles. The maximum Gasteiger partial charge on any atom is 0.240 e. The van der Waals surface area contributed by atoms with Crippen molar-refractivity contribution < 1.29 is 9.26 Å². The molecule has 0 saturated heterocycles. The number of methoxy groups -OCH3 is 1. The summed E-state index contributed by atoms with van der Waals surface area (Å²) >= 11 is 3.31. The van der Waals surface area contributed by atoms with Crippen LogP contribution in [0.15, 0.2) is 15.6 Å². The highest BCUT2D eigenvalue weighted by atomic mass is 79.9. The average Bonchev–Trinajstić information content (AvgIpc) is 2.63. The van der Waals surface area contributed by atoms with Gasteiger partial charge in [-0.3, -0.25) is 4.90 Å². The van der Waals surface area contributed by atoms with Gasteiger partial charge >= 0.3 is 0 Å². The average molecular weight is 290 g/mol. The molecular weight excluding hydrogens is 274 g/mol. The van der Waals surface area contributed by atoms with E-state index in [4.69, 9.17) is 9.26 Å². The minimum Gasteiger partial charge on any atom is -0.374 e. The van der Waals surface area contributed by atoms with Crippen molar-refractivity contribution in [1.29, 1.82) is 0 Å². The molecule has 0 bridgehead atoms. The van der Waals surface area contributed by atoms with Gasteiger partial charge in [0.2, 0.25) is 5.89 Å². The highest BCUT2D eigenvalue weighted by Gasteiger charge is 2.13. The summed E-state index contributed by atoms with van der Waals surface area (Å²) in [5.74, 6) is 1.15. The van der Waals surface area contributed by atoms with Crippen molar-refractivity contribution in [3.8, 4) is 0 Å². The van der Waals surface area contributed by atoms with Gasteiger partial charge in [0.1, 0.15) is 6.10 Å². The fraction of sp³-hybridized carbons (Fsp3) is 0.600. The van der Waals surface area contributed by atoms with Gasteiger partial charge in [0.05, 0.1) is 6.54 Å². The Labute approximate surface area is 104 Å². The molecule has 0 spiro atoms. The predicted octanol–water partition coefficient (Wildman–Crippen LogP) is 2.12. The number of halogens is 1. The highest BCUT2D eigenvalue weighted by molar-refractivity contribution is 9.11. The van der Waals surface area contributed by atoms with Crippen molar-refractivity contribution in [1.82, 2.24) is 15.0 Å². The van der Waals surface area contributed by atoms with E-state index >= 15 is 0 Å². The Hall–Kier alpha value is -0.720. The van der Waals surface area contributed by atoms with E-state index in [0.717, 1.165) is 11.0 Å². The van der Waals surface area contributed by atoms with E-state index in [0.29, 0.717) is 18.3 Å². The lowest BCUT2D eigenvalue weighted by atomic mass is 10.4. The van der Waals surface area contributed by atoms with Crippen molar-refractivity contribution in [2.24, 2.45) is 0 Å². The van der Waals surface area contributed by atoms with Crippen molar-refractivity contribution in [3.63, 3.8) is 0 Å². The standard InChI is InChI=1S/C10H16BrN3O2/c1-7(11)5-14(3)6-9-12-10(13-16-9)8(2)15-4/h8H,1,5-6H2,2-4H3/t8-/m1/s1. The van der Waals surface area contributed by atoms with Crippen molar-refractivity contribution in [3.05, 3.63) is 22.8 Å². The van der Waals surface area contributed by atoms with Crippen LogP contribution in [0.3, 0.4) is 0 Å². The maximum absolute atomic E-state index is 5.11. The molecule has 6 heteroatoms. The van der Waals surface area contributed by atoms with E-state index in [1.807, 2.05) is 18.9 Å². The molecule has 90 valence electrons. The number of hydrogen-bond acceptors (Lipinski definition) is 5. The zero-order valence-corrected chi connectivity index (χ0v) is 11.3. The van der Waals surface area contributed by atoms with Crippen LogP contribution in [0.4, 0.5) is 0 Å². The van der Waals surface area contributed by atoms with Gasteiger partial charge in [-0.25, -0.2) is 0 Å². The fourth-order valence-corrected chi connectivity index (χ4v) is 1.61. The lowest BCUT2D eigenvalue weighted by Gasteiger charge is -2.12. The maximum atomic E-state index is 5.11. The van der Waals surface area contributed by atoms with Crippen LogP contribution in [0, 0.1) is 0 Å². The minimum absolute atomic E-state index is 0.144. The third kappa shape index (κ3) is 4.03. The first-order valence-electron chi connectivity index (χ1n) is 4.90. The van der Waals surface area contributed by atoms with Crippen molar-refractivity contribution in [2.45, 2.75) is 19.6 Å². The van der Waals surface area contributed by atoms with Crippen LogP contribution in [0.25, 0.3) is 0 Å². The lowest BCUT2D eigenvalue weighted by Crippen LogP contribution is -2.19. The summed E-state index contributed by atoms with van der Waals surface area (Å²) in [7, 11) is 3.57. The SMILES string of the molecule is C=C(Br)CN(C)Cc1nc([C@@H](C)OC)no1. The van der Waals surface area contributed by atoms with Crippen LogP contribution in [0.1, 0.15) is 24.7 Å². The molecule has 0 aliphatic heterocycles. The van der Waals surface area contributed by atoms with E-state index in [1.54, 1.807) is 7.11 Å². The van der Waals surface area contributed by atoms with Gasteiger partial charge in [-0.1, -0.05) is 27.7 Å². The molecule has 1 heterocycles. The number of nitrogens with zero attached hydrogens (tertiary/aromatic N) is 3. The van der Waals surface area contributed by atoms with Gasteiger partial charge in [-0.15, -0.1) is 0 Å². The summed E-state index contributed by atoms with van der Waals surface area (Å²) in [5, 5.41) is 3.85. The Balaban J connectivity index is 2.54. The van der Waals surface area contributed by atoms with Gasteiger partial charge in [-0.2, -0.15) is 4.98 Å². The Bertz CT molecular complexity index is 354. The quantitative estimate of drug-likeness (QED) is 0.803. The summed E-state index contributed by atoms with van der Waals surface area (Å²) in [6.45, 7) is 6.97. The van der Waals surface area contributed by atoms with Crippen molar-refractivity contribution >= 4 is 15.9 Å². The summed E-state index contributed by atoms with van der Waals surface area (Å²) < 4.78 is 11.1. The van der Waals surface area contributed by atoms with Crippen LogP contribution in [0.2, 0.25) is 0 Å². The molecule has 0 saturated carbocycles. The van der Waals surface area contributed by atoms with Crippen molar-refractivity contribution in [2.75, 3.05) is 20.7 Å². The third-order valence-electron chi connectivity index (χ3n) is 2.05. The summed E-state index contributed by atoms with van der Waals surface area (Å²) in [5.41, 5.74) is 0. The second kappa shape index (κ2) is 6.12. The number of likely N-dealkylation sites (N-methyl/N-ethyl adjacent to an activating group) is 1. The smallest absolute Gasteiger partial charge is 0.240 e. The molecule has 0 radical (unpaired) electrons. The van der Waals surface area contributed by atoms with E-state index < -0.39 is 0 Å². The first-order chi connectivity index (χ1) is 7.52. The van der Waals surface area contributed by atoms with Gasteiger partial charge in [0.15, 0.2) is 5.82 Å². The van der Waals surface area contributed by atoms with Gasteiger partial charge in [-0.05, 0) is 14.0 Å². The molecule has 16 heavy (non-hydrogen) atoms. The van der Waals surface area contributed by atoms with E-state index in [9.17, 15) is 0 Å². The predicted molar refractivity (Wildman–Crippen MR) is 64.1 cm³/mol. The number of ether oxygens (including phenoxy) is 1. The summed E-state index contributed by atoms with van der Waals surface area (Å²) in [6.07, 6.45) is -0.144. The molecule has 0 aliphatic rings. The second-order valence-corrected chi connectivity index (χ2v) is 4.74. The van der Waals surface area contributed by atoms with Crippen LogP contribution >= 0.6 is 15.9 Å². The molecule has 1 atom stereocenters. The van der Waals surface area contributed by atoms with Gasteiger partial charge in [0.25, 0.3) is 0 Å². The van der Waals surface area contributed by atoms with Gasteiger partial charge in [0, 0.05) is 18.1 Å². The lowest BCUT2D eigenvalue weighted by molar-refractivity contribution is 0.109. The fourth-order valence-electron chi connectivity index (χ4n) is 1.18. The monoisotopic (exact) mass is 289 g/mol. The first-order valence-corrected chi connectivity index (χ1v) is 5.69. The van der Waals surface area contributed by atoms with Crippen LogP contribution in [-0.4, -0.2) is 35.7 Å². The van der Waals surface area contributed by atoms with Gasteiger partial charge < -0.3 is 9.26 Å². The molecule has 1 aromatic heterocycles. The Kier molecular flexibility index (Phi) is 5.11. The molecule has 5 nitrogen and oxygen atoms in total. The normalized spacial score (nSPS) is 13.1. The molecule has 0 unspecified atom stereocenters. The second-order valence-electron chi connectivity index (χ2n) is 3.61. The highest BCUT2D eigenvalue weighted by Crippen LogP contribution is 2.12. The van der Waals surface area contributed by atoms with E-state index in [-0.39, 0.29) is 6.10 Å². The molecule has 1 rings (SSSR count). The van der Waals surface area contributed by atoms with E-state index in [2.05, 4.69) is 32.6 Å². The Morgan fingerprint density at radius 1 is 1.69 bits per heavy atom.